The maximum absolute atomic E-state index is 13.5. The number of nitriles is 1. The maximum atomic E-state index is 13.5. The molecule has 4 nitrogen and oxygen atoms in total. The van der Waals surface area contributed by atoms with E-state index in [-0.39, 0.29) is 5.82 Å². The molecule has 2 aromatic rings. The zero-order valence-corrected chi connectivity index (χ0v) is 11.0. The molecule has 0 aliphatic heterocycles. The van der Waals surface area contributed by atoms with Gasteiger partial charge in [-0.25, -0.2) is 4.39 Å². The Morgan fingerprint density at radius 2 is 2.22 bits per heavy atom. The fourth-order valence-electron chi connectivity index (χ4n) is 1.42. The molecule has 0 radical (unpaired) electrons. The summed E-state index contributed by atoms with van der Waals surface area (Å²) in [7, 11) is 0. The van der Waals surface area contributed by atoms with Crippen LogP contribution in [0.1, 0.15) is 11.1 Å². The first-order chi connectivity index (χ1) is 8.61. The molecule has 0 spiro atoms. The highest BCUT2D eigenvalue weighted by Gasteiger charge is 2.09. The second-order valence-corrected chi connectivity index (χ2v) is 4.47. The van der Waals surface area contributed by atoms with Crippen molar-refractivity contribution in [1.82, 2.24) is 10.2 Å². The molecule has 0 saturated heterocycles. The summed E-state index contributed by atoms with van der Waals surface area (Å²) in [4.78, 5) is 0. The van der Waals surface area contributed by atoms with E-state index >= 15 is 0 Å². The van der Waals surface area contributed by atoms with Crippen LogP contribution in [0.3, 0.4) is 0 Å². The third-order valence-electron chi connectivity index (χ3n) is 2.36. The summed E-state index contributed by atoms with van der Waals surface area (Å²) in [6.07, 6.45) is 1.43. The molecule has 18 heavy (non-hydrogen) atoms. The molecule has 6 heteroatoms. The molecule has 0 atom stereocenters. The maximum Gasteiger partial charge on any atom is 0.171 e. The van der Waals surface area contributed by atoms with Crippen molar-refractivity contribution >= 4 is 27.4 Å². The van der Waals surface area contributed by atoms with Crippen LogP contribution in [-0.2, 0) is 0 Å². The number of hydrogen-bond donors (Lipinski definition) is 1. The number of rotatable bonds is 2. The molecule has 2 rings (SSSR count). The molecule has 1 N–H and O–H groups in total. The Kier molecular flexibility index (Phi) is 3.53. The van der Waals surface area contributed by atoms with Crippen molar-refractivity contribution in [2.45, 2.75) is 6.92 Å². The third-order valence-corrected chi connectivity index (χ3v) is 2.97. The summed E-state index contributed by atoms with van der Waals surface area (Å²) in [5, 5.41) is 19.3. The van der Waals surface area contributed by atoms with E-state index in [0.717, 1.165) is 5.56 Å². The number of benzene rings is 1. The van der Waals surface area contributed by atoms with Gasteiger partial charge in [-0.1, -0.05) is 0 Å². The van der Waals surface area contributed by atoms with Gasteiger partial charge in [0.25, 0.3) is 0 Å². The SMILES string of the molecule is Cc1cc(Br)c(F)cc1Nc1nnccc1C#N. The summed E-state index contributed by atoms with van der Waals surface area (Å²) in [5.41, 5.74) is 1.73. The lowest BCUT2D eigenvalue weighted by Crippen LogP contribution is -2.00. The minimum absolute atomic E-state index is 0.310. The van der Waals surface area contributed by atoms with Gasteiger partial charge < -0.3 is 5.32 Å². The summed E-state index contributed by atoms with van der Waals surface area (Å²) in [6, 6.07) is 6.53. The molecule has 0 unspecified atom stereocenters. The Bertz CT molecular complexity index is 636. The van der Waals surface area contributed by atoms with Gasteiger partial charge in [0, 0.05) is 5.69 Å². The highest BCUT2D eigenvalue weighted by Crippen LogP contribution is 2.26. The monoisotopic (exact) mass is 306 g/mol. The molecule has 90 valence electrons. The second-order valence-electron chi connectivity index (χ2n) is 3.61. The first-order valence-electron chi connectivity index (χ1n) is 5.06. The lowest BCUT2D eigenvalue weighted by atomic mass is 10.2. The van der Waals surface area contributed by atoms with Crippen LogP contribution < -0.4 is 5.32 Å². The molecule has 0 bridgehead atoms. The minimum atomic E-state index is -0.384. The Morgan fingerprint density at radius 1 is 1.44 bits per heavy atom. The van der Waals surface area contributed by atoms with Crippen LogP contribution in [0.4, 0.5) is 15.9 Å². The summed E-state index contributed by atoms with van der Waals surface area (Å²) >= 11 is 3.11. The molecule has 0 saturated carbocycles. The average molecular weight is 307 g/mol. The Hall–Kier alpha value is -2.00. The van der Waals surface area contributed by atoms with Gasteiger partial charge in [-0.15, -0.1) is 5.10 Å². The van der Waals surface area contributed by atoms with E-state index in [4.69, 9.17) is 5.26 Å². The van der Waals surface area contributed by atoms with E-state index in [9.17, 15) is 4.39 Å². The Morgan fingerprint density at radius 3 is 2.94 bits per heavy atom. The zero-order valence-electron chi connectivity index (χ0n) is 9.41. The molecule has 0 fully saturated rings. The van der Waals surface area contributed by atoms with E-state index < -0.39 is 0 Å². The number of nitrogens with zero attached hydrogens (tertiary/aromatic N) is 3. The molecule has 1 aromatic carbocycles. The predicted octanol–water partition coefficient (Wildman–Crippen LogP) is 3.30. The van der Waals surface area contributed by atoms with Crippen molar-refractivity contribution in [2.24, 2.45) is 0 Å². The minimum Gasteiger partial charge on any atom is -0.337 e. The van der Waals surface area contributed by atoms with Gasteiger partial charge in [0.15, 0.2) is 5.82 Å². The van der Waals surface area contributed by atoms with Gasteiger partial charge in [0.1, 0.15) is 11.9 Å². The van der Waals surface area contributed by atoms with Gasteiger partial charge in [-0.05, 0) is 46.6 Å². The largest absolute Gasteiger partial charge is 0.337 e. The number of hydrogen-bond acceptors (Lipinski definition) is 4. The van der Waals surface area contributed by atoms with Crippen LogP contribution >= 0.6 is 15.9 Å². The molecule has 0 aliphatic rings. The standard InChI is InChI=1S/C12H8BrFN4/c1-7-4-9(13)10(14)5-11(7)17-12-8(6-15)2-3-16-18-12/h2-5H,1H3,(H,17,18). The van der Waals surface area contributed by atoms with E-state index in [1.54, 1.807) is 12.1 Å². The molecule has 1 heterocycles. The zero-order chi connectivity index (χ0) is 13.1. The normalized spacial score (nSPS) is 9.89. The number of aromatic nitrogens is 2. The first kappa shape index (κ1) is 12.5. The topological polar surface area (TPSA) is 61.6 Å². The van der Waals surface area contributed by atoms with Crippen molar-refractivity contribution in [3.63, 3.8) is 0 Å². The van der Waals surface area contributed by atoms with E-state index in [1.807, 2.05) is 13.0 Å². The number of aryl methyl sites for hydroxylation is 1. The van der Waals surface area contributed by atoms with Gasteiger partial charge in [-0.3, -0.25) is 0 Å². The average Bonchev–Trinajstić information content (AvgIpc) is 2.36. The van der Waals surface area contributed by atoms with Gasteiger partial charge in [0.2, 0.25) is 0 Å². The quantitative estimate of drug-likeness (QED) is 0.924. The number of nitrogens with one attached hydrogen (secondary N) is 1. The van der Waals surface area contributed by atoms with Crippen molar-refractivity contribution < 1.29 is 4.39 Å². The van der Waals surface area contributed by atoms with Crippen molar-refractivity contribution in [1.29, 1.82) is 5.26 Å². The number of anilines is 2. The fraction of sp³-hybridized carbons (Fsp3) is 0.0833. The summed E-state index contributed by atoms with van der Waals surface area (Å²) < 4.78 is 13.9. The van der Waals surface area contributed by atoms with Gasteiger partial charge in [0.05, 0.1) is 16.2 Å². The van der Waals surface area contributed by atoms with E-state index in [2.05, 4.69) is 31.4 Å². The van der Waals surface area contributed by atoms with Crippen LogP contribution in [-0.4, -0.2) is 10.2 Å². The summed E-state index contributed by atoms with van der Waals surface area (Å²) in [5.74, 6) is -0.0738. The Balaban J connectivity index is 2.41. The molecule has 0 amide bonds. The van der Waals surface area contributed by atoms with E-state index in [0.29, 0.717) is 21.5 Å². The van der Waals surface area contributed by atoms with Crippen LogP contribution in [0.25, 0.3) is 0 Å². The Labute approximate surface area is 112 Å². The van der Waals surface area contributed by atoms with Gasteiger partial charge in [-0.2, -0.15) is 10.4 Å². The first-order valence-corrected chi connectivity index (χ1v) is 5.85. The lowest BCUT2D eigenvalue weighted by molar-refractivity contribution is 0.621. The highest BCUT2D eigenvalue weighted by molar-refractivity contribution is 9.10. The molecule has 1 aromatic heterocycles. The van der Waals surface area contributed by atoms with Gasteiger partial charge >= 0.3 is 0 Å². The van der Waals surface area contributed by atoms with Crippen LogP contribution in [0.15, 0.2) is 28.9 Å². The smallest absolute Gasteiger partial charge is 0.171 e. The fourth-order valence-corrected chi connectivity index (χ4v) is 1.88. The predicted molar refractivity (Wildman–Crippen MR) is 68.9 cm³/mol. The highest BCUT2D eigenvalue weighted by atomic mass is 79.9. The van der Waals surface area contributed by atoms with Crippen LogP contribution in [0.5, 0.6) is 0 Å². The summed E-state index contributed by atoms with van der Waals surface area (Å²) in [6.45, 7) is 1.83. The lowest BCUT2D eigenvalue weighted by Gasteiger charge is -2.10. The third kappa shape index (κ3) is 2.46. The molecular weight excluding hydrogens is 299 g/mol. The number of halogens is 2. The molecular formula is C12H8BrFN4. The van der Waals surface area contributed by atoms with Crippen LogP contribution in [0.2, 0.25) is 0 Å². The van der Waals surface area contributed by atoms with Crippen molar-refractivity contribution in [3.8, 4) is 6.07 Å². The van der Waals surface area contributed by atoms with Crippen molar-refractivity contribution in [2.75, 3.05) is 5.32 Å². The molecule has 0 aliphatic carbocycles. The van der Waals surface area contributed by atoms with E-state index in [1.165, 1.54) is 12.3 Å². The van der Waals surface area contributed by atoms with Crippen LogP contribution in [0, 0.1) is 24.1 Å². The van der Waals surface area contributed by atoms with Crippen molar-refractivity contribution in [3.05, 3.63) is 45.8 Å². The second kappa shape index (κ2) is 5.10.